The summed E-state index contributed by atoms with van der Waals surface area (Å²) < 4.78 is 6.71. The Morgan fingerprint density at radius 1 is 0.351 bits per heavy atom. The zero-order chi connectivity index (χ0) is 38.2. The van der Waals surface area contributed by atoms with E-state index in [2.05, 4.69) is 139 Å². The van der Waals surface area contributed by atoms with Crippen LogP contribution in [-0.2, 0) is 0 Å². The number of para-hydroxylation sites is 5. The van der Waals surface area contributed by atoms with E-state index in [1.54, 1.807) is 0 Å². The van der Waals surface area contributed by atoms with Crippen LogP contribution in [0.15, 0.2) is 170 Å². The molecule has 3 heterocycles. The Labute approximate surface area is 327 Å². The van der Waals surface area contributed by atoms with Crippen LogP contribution in [0.3, 0.4) is 0 Å². The second kappa shape index (κ2) is 12.3. The second-order valence-electron chi connectivity index (χ2n) is 14.2. The van der Waals surface area contributed by atoms with Crippen molar-refractivity contribution in [3.63, 3.8) is 0 Å². The highest BCUT2D eigenvalue weighted by Crippen LogP contribution is 2.45. The molecule has 0 N–H and O–H groups in total. The first-order valence-electron chi connectivity index (χ1n) is 18.6. The maximum absolute atomic E-state index is 8.33. The summed E-state index contributed by atoms with van der Waals surface area (Å²) in [5.74, 6) is 0. The number of benzene rings is 8. The van der Waals surface area contributed by atoms with E-state index in [0.29, 0.717) is 22.7 Å². The van der Waals surface area contributed by atoms with Crippen molar-refractivity contribution in [2.45, 2.75) is 0 Å². The number of rotatable bonds is 4. The van der Waals surface area contributed by atoms with Gasteiger partial charge in [-0.1, -0.05) is 109 Å². The number of hydrogen-bond acceptors (Lipinski definition) is 0. The summed E-state index contributed by atoms with van der Waals surface area (Å²) in [6.45, 7) is 24.5. The fourth-order valence-corrected chi connectivity index (χ4v) is 8.94. The molecule has 0 amide bonds. The normalized spacial score (nSPS) is 11.5. The lowest BCUT2D eigenvalue weighted by Crippen LogP contribution is -2.00. The molecule has 0 aliphatic heterocycles. The van der Waals surface area contributed by atoms with E-state index < -0.39 is 0 Å². The van der Waals surface area contributed by atoms with E-state index in [0.717, 1.165) is 66.4 Å². The first kappa shape index (κ1) is 32.1. The third-order valence-corrected chi connectivity index (χ3v) is 11.3. The van der Waals surface area contributed by atoms with E-state index in [1.807, 2.05) is 59.2 Å². The van der Waals surface area contributed by atoms with Gasteiger partial charge in [0.1, 0.15) is 0 Å². The third-order valence-electron chi connectivity index (χ3n) is 11.3. The molecule has 6 nitrogen and oxygen atoms in total. The van der Waals surface area contributed by atoms with Gasteiger partial charge in [0.15, 0.2) is 5.69 Å². The van der Waals surface area contributed by atoms with Gasteiger partial charge in [0.05, 0.1) is 58.7 Å². The molecule has 0 saturated carbocycles. The molecule has 3 aromatic heterocycles. The summed E-state index contributed by atoms with van der Waals surface area (Å²) in [5.41, 5.74) is 11.8. The second-order valence-corrected chi connectivity index (χ2v) is 14.2. The van der Waals surface area contributed by atoms with E-state index in [4.69, 9.17) is 19.7 Å². The number of hydrogen-bond donors (Lipinski definition) is 0. The minimum absolute atomic E-state index is 0.372. The Balaban J connectivity index is 1.10. The van der Waals surface area contributed by atoms with Gasteiger partial charge in [0.25, 0.3) is 0 Å². The van der Waals surface area contributed by atoms with Crippen molar-refractivity contribution in [3.8, 4) is 28.2 Å². The van der Waals surface area contributed by atoms with Gasteiger partial charge >= 0.3 is 0 Å². The molecular weight excluding hydrogens is 697 g/mol. The minimum Gasteiger partial charge on any atom is -0.331 e. The maximum atomic E-state index is 8.33. The van der Waals surface area contributed by atoms with Crippen molar-refractivity contribution in [3.05, 3.63) is 204 Å². The van der Waals surface area contributed by atoms with Crippen LogP contribution < -0.4 is 0 Å². The lowest BCUT2D eigenvalue weighted by Gasteiger charge is -2.16. The first-order chi connectivity index (χ1) is 28.2. The van der Waals surface area contributed by atoms with Gasteiger partial charge in [-0.25, -0.2) is 14.5 Å². The molecule has 0 bridgehead atoms. The Bertz CT molecular complexity index is 3520. The molecule has 57 heavy (non-hydrogen) atoms. The third kappa shape index (κ3) is 4.55. The van der Waals surface area contributed by atoms with Crippen LogP contribution in [0.25, 0.3) is 108 Å². The molecule has 8 aromatic carbocycles. The van der Waals surface area contributed by atoms with Crippen LogP contribution in [0.4, 0.5) is 17.1 Å². The molecule has 11 aromatic rings. The predicted molar refractivity (Wildman–Crippen MR) is 234 cm³/mol. The highest BCUT2D eigenvalue weighted by molar-refractivity contribution is 6.17. The van der Waals surface area contributed by atoms with Gasteiger partial charge in [0, 0.05) is 38.1 Å². The molecule has 0 saturated heterocycles. The fraction of sp³-hybridized carbons (Fsp3) is 0. The fourth-order valence-electron chi connectivity index (χ4n) is 8.94. The molecule has 0 aliphatic carbocycles. The first-order valence-corrected chi connectivity index (χ1v) is 18.6. The Hall–Kier alpha value is -8.37. The van der Waals surface area contributed by atoms with Gasteiger partial charge in [-0.15, -0.1) is 0 Å². The summed E-state index contributed by atoms with van der Waals surface area (Å²) in [4.78, 5) is 11.8. The number of aromatic nitrogens is 3. The lowest BCUT2D eigenvalue weighted by molar-refractivity contribution is 1.13. The molecular formula is C51H28N6. The SMILES string of the molecule is [C-]#[N+]c1cc(-c2ccc(-n3c4ccccc4c4cccc(-n5c6ccccc6c6ccccc65)c43)cc2)cc([N+]#[C-])c1-n1c2ccccc2c2c([N+]#[C-])cccc21. The summed E-state index contributed by atoms with van der Waals surface area (Å²) in [6.07, 6.45) is 0. The average Bonchev–Trinajstić information content (AvgIpc) is 3.92. The Morgan fingerprint density at radius 2 is 0.825 bits per heavy atom. The van der Waals surface area contributed by atoms with Crippen LogP contribution in [0.5, 0.6) is 0 Å². The highest BCUT2D eigenvalue weighted by atomic mass is 15.1. The van der Waals surface area contributed by atoms with Crippen LogP contribution in [0.1, 0.15) is 0 Å². The molecule has 262 valence electrons. The molecule has 0 spiro atoms. The van der Waals surface area contributed by atoms with Crippen molar-refractivity contribution in [1.29, 1.82) is 0 Å². The highest BCUT2D eigenvalue weighted by Gasteiger charge is 2.22. The van der Waals surface area contributed by atoms with Gasteiger partial charge < -0.3 is 13.7 Å². The van der Waals surface area contributed by atoms with E-state index >= 15 is 0 Å². The van der Waals surface area contributed by atoms with Gasteiger partial charge in [0.2, 0.25) is 11.4 Å². The number of nitrogens with zero attached hydrogens (tertiary/aromatic N) is 6. The van der Waals surface area contributed by atoms with Crippen LogP contribution in [0, 0.1) is 19.7 Å². The van der Waals surface area contributed by atoms with Crippen LogP contribution >= 0.6 is 0 Å². The van der Waals surface area contributed by atoms with E-state index in [-0.39, 0.29) is 0 Å². The van der Waals surface area contributed by atoms with E-state index in [1.165, 1.54) is 21.5 Å². The van der Waals surface area contributed by atoms with Crippen molar-refractivity contribution < 1.29 is 0 Å². The molecule has 0 atom stereocenters. The summed E-state index contributed by atoms with van der Waals surface area (Å²) in [6, 6.07) is 58.0. The Morgan fingerprint density at radius 3 is 1.42 bits per heavy atom. The summed E-state index contributed by atoms with van der Waals surface area (Å²) >= 11 is 0. The van der Waals surface area contributed by atoms with Gasteiger partial charge in [-0.3, -0.25) is 0 Å². The van der Waals surface area contributed by atoms with Crippen molar-refractivity contribution in [2.24, 2.45) is 0 Å². The quantitative estimate of drug-likeness (QED) is 0.162. The zero-order valence-electron chi connectivity index (χ0n) is 30.3. The molecule has 0 aliphatic rings. The molecule has 11 rings (SSSR count). The standard InChI is InChI=1S/C51H28N6/c1-52-40-19-13-24-47-49(40)39-17-7-11-23-46(39)57(47)51-41(53-2)30-33(31-42(51)54-3)32-26-28-34(29-27-32)55-43-20-8-6-16-37(43)38-18-12-25-48(50(38)55)56-44-21-9-4-14-35(44)36-15-5-10-22-45(36)56/h4-31H. The molecule has 0 radical (unpaired) electrons. The van der Waals surface area contributed by atoms with Gasteiger partial charge in [-0.05, 0) is 77.2 Å². The Kier molecular flexibility index (Phi) is 6.95. The average molecular weight is 725 g/mol. The summed E-state index contributed by atoms with van der Waals surface area (Å²) in [7, 11) is 0. The molecule has 0 unspecified atom stereocenters. The van der Waals surface area contributed by atoms with Crippen molar-refractivity contribution in [1.82, 2.24) is 13.7 Å². The largest absolute Gasteiger partial charge is 0.331 e. The monoisotopic (exact) mass is 724 g/mol. The smallest absolute Gasteiger partial charge is 0.200 e. The number of fused-ring (bicyclic) bond motifs is 9. The van der Waals surface area contributed by atoms with Gasteiger partial charge in [-0.2, -0.15) is 0 Å². The summed E-state index contributed by atoms with van der Waals surface area (Å²) in [5, 5.41) is 6.50. The van der Waals surface area contributed by atoms with Crippen LogP contribution in [0.2, 0.25) is 0 Å². The van der Waals surface area contributed by atoms with Crippen molar-refractivity contribution >= 4 is 82.5 Å². The van der Waals surface area contributed by atoms with Crippen LogP contribution in [-0.4, -0.2) is 13.7 Å². The predicted octanol–water partition coefficient (Wildman–Crippen LogP) is 14.3. The van der Waals surface area contributed by atoms with Crippen molar-refractivity contribution in [2.75, 3.05) is 0 Å². The van der Waals surface area contributed by atoms with E-state index in [9.17, 15) is 0 Å². The zero-order valence-corrected chi connectivity index (χ0v) is 30.3. The minimum atomic E-state index is 0.372. The lowest BCUT2D eigenvalue weighted by atomic mass is 10.0. The maximum Gasteiger partial charge on any atom is 0.200 e. The topological polar surface area (TPSA) is 27.9 Å². The molecule has 0 fully saturated rings. The molecule has 6 heteroatoms.